The number of nitrogens with zero attached hydrogens (tertiary/aromatic N) is 2. The van der Waals surface area contributed by atoms with Gasteiger partial charge in [0.05, 0.1) is 16.5 Å². The first-order valence-corrected chi connectivity index (χ1v) is 7.69. The normalized spacial score (nSPS) is 10.7. The largest absolute Gasteiger partial charge is 0.465 e. The van der Waals surface area contributed by atoms with Crippen molar-refractivity contribution in [1.29, 1.82) is 0 Å². The molecule has 1 amide bonds. The van der Waals surface area contributed by atoms with Crippen LogP contribution in [0, 0.1) is 0 Å². The quantitative estimate of drug-likeness (QED) is 0.724. The van der Waals surface area contributed by atoms with E-state index in [0.717, 1.165) is 9.99 Å². The third-order valence-electron chi connectivity index (χ3n) is 3.41. The highest BCUT2D eigenvalue weighted by Gasteiger charge is 2.16. The summed E-state index contributed by atoms with van der Waals surface area (Å²) in [6.45, 7) is 0.128. The molecule has 1 aromatic heterocycles. The molecular formula is C16H14BrN3O3. The van der Waals surface area contributed by atoms with Gasteiger partial charge in [-0.3, -0.25) is 0 Å². The number of carbonyl (C=O) groups is 1. The molecule has 7 heteroatoms. The van der Waals surface area contributed by atoms with E-state index in [1.807, 2.05) is 54.1 Å². The smallest absolute Gasteiger partial charge is 0.405 e. The number of rotatable bonds is 4. The minimum absolute atomic E-state index is 0.128. The van der Waals surface area contributed by atoms with E-state index in [2.05, 4.69) is 26.2 Å². The van der Waals surface area contributed by atoms with Crippen LogP contribution in [0.3, 0.4) is 0 Å². The average Bonchev–Trinajstić information content (AvgIpc) is 2.86. The molecule has 23 heavy (non-hydrogen) atoms. The number of halogens is 1. The van der Waals surface area contributed by atoms with E-state index in [1.54, 1.807) is 0 Å². The Bertz CT molecular complexity index is 862. The van der Waals surface area contributed by atoms with Gasteiger partial charge in [0, 0.05) is 7.05 Å². The molecule has 0 aliphatic carbocycles. The molecule has 0 bridgehead atoms. The molecule has 6 nitrogen and oxygen atoms in total. The second-order valence-corrected chi connectivity index (χ2v) is 5.76. The fourth-order valence-electron chi connectivity index (χ4n) is 2.27. The lowest BCUT2D eigenvalue weighted by Gasteiger charge is -2.08. The van der Waals surface area contributed by atoms with Crippen molar-refractivity contribution in [2.75, 3.05) is 0 Å². The fourth-order valence-corrected chi connectivity index (χ4v) is 2.68. The predicted octanol–water partition coefficient (Wildman–Crippen LogP) is 3.90. The molecule has 1 heterocycles. The third-order valence-corrected chi connectivity index (χ3v) is 4.04. The Kier molecular flexibility index (Phi) is 4.20. The molecule has 0 atom stereocenters. The van der Waals surface area contributed by atoms with Crippen molar-refractivity contribution in [3.8, 4) is 11.5 Å². The number of para-hydroxylation sites is 1. The van der Waals surface area contributed by atoms with Crippen LogP contribution in [0.15, 0.2) is 46.9 Å². The molecule has 0 spiro atoms. The van der Waals surface area contributed by atoms with Crippen LogP contribution in [-0.2, 0) is 13.6 Å². The van der Waals surface area contributed by atoms with Gasteiger partial charge < -0.3 is 19.7 Å². The van der Waals surface area contributed by atoms with Crippen molar-refractivity contribution in [3.63, 3.8) is 0 Å². The molecule has 0 fully saturated rings. The van der Waals surface area contributed by atoms with Crippen molar-refractivity contribution < 1.29 is 14.6 Å². The summed E-state index contributed by atoms with van der Waals surface area (Å²) in [4.78, 5) is 15.2. The molecule has 0 aliphatic rings. The zero-order chi connectivity index (χ0) is 16.4. The summed E-state index contributed by atoms with van der Waals surface area (Å²) in [7, 11) is 1.84. The Labute approximate surface area is 140 Å². The highest BCUT2D eigenvalue weighted by molar-refractivity contribution is 9.10. The molecule has 118 valence electrons. The van der Waals surface area contributed by atoms with E-state index < -0.39 is 6.09 Å². The zero-order valence-electron chi connectivity index (χ0n) is 12.3. The molecule has 0 saturated heterocycles. The van der Waals surface area contributed by atoms with E-state index in [0.29, 0.717) is 22.8 Å². The van der Waals surface area contributed by atoms with Crippen LogP contribution in [0.1, 0.15) is 5.82 Å². The van der Waals surface area contributed by atoms with Crippen LogP contribution < -0.4 is 10.1 Å². The summed E-state index contributed by atoms with van der Waals surface area (Å²) in [6.07, 6.45) is -1.08. The lowest BCUT2D eigenvalue weighted by Crippen LogP contribution is -2.21. The summed E-state index contributed by atoms with van der Waals surface area (Å²) < 4.78 is 8.58. The summed E-state index contributed by atoms with van der Waals surface area (Å²) >= 11 is 3.49. The van der Waals surface area contributed by atoms with Gasteiger partial charge in [-0.15, -0.1) is 0 Å². The number of aromatic nitrogens is 2. The van der Waals surface area contributed by atoms with Crippen molar-refractivity contribution in [3.05, 3.63) is 52.8 Å². The van der Waals surface area contributed by atoms with Crippen molar-refractivity contribution in [2.45, 2.75) is 6.54 Å². The standard InChI is InChI=1S/C16H14BrN3O3/c1-20-12-8-7-11(17)15(23-10-5-3-2-4-6-10)14(12)19-13(20)9-18-16(21)22/h2-8,18H,9H2,1H3,(H,21,22). The second kappa shape index (κ2) is 6.29. The van der Waals surface area contributed by atoms with Gasteiger partial charge in [-0.2, -0.15) is 0 Å². The Balaban J connectivity index is 2.04. The van der Waals surface area contributed by atoms with Gasteiger partial charge in [0.1, 0.15) is 17.1 Å². The average molecular weight is 376 g/mol. The molecule has 3 rings (SSSR count). The monoisotopic (exact) mass is 375 g/mol. The van der Waals surface area contributed by atoms with Gasteiger partial charge in [-0.1, -0.05) is 18.2 Å². The topological polar surface area (TPSA) is 76.4 Å². The van der Waals surface area contributed by atoms with Gasteiger partial charge in [0.2, 0.25) is 0 Å². The van der Waals surface area contributed by atoms with Gasteiger partial charge in [-0.25, -0.2) is 9.78 Å². The molecule has 2 N–H and O–H groups in total. The Morgan fingerprint density at radius 1 is 1.30 bits per heavy atom. The van der Waals surface area contributed by atoms with Crippen LogP contribution in [0.25, 0.3) is 11.0 Å². The Morgan fingerprint density at radius 2 is 2.04 bits per heavy atom. The fraction of sp³-hybridized carbons (Fsp3) is 0.125. The summed E-state index contributed by atoms with van der Waals surface area (Å²) in [5.74, 6) is 1.92. The molecule has 3 aromatic rings. The van der Waals surface area contributed by atoms with E-state index in [-0.39, 0.29) is 6.54 Å². The molecule has 0 aliphatic heterocycles. The first kappa shape index (κ1) is 15.4. The highest BCUT2D eigenvalue weighted by atomic mass is 79.9. The highest BCUT2D eigenvalue weighted by Crippen LogP contribution is 2.36. The minimum Gasteiger partial charge on any atom is -0.465 e. The third kappa shape index (κ3) is 3.14. The summed E-state index contributed by atoms with van der Waals surface area (Å²) in [6, 6.07) is 13.2. The molecule has 0 radical (unpaired) electrons. The van der Waals surface area contributed by atoms with Crippen LogP contribution in [0.2, 0.25) is 0 Å². The Morgan fingerprint density at radius 3 is 2.74 bits per heavy atom. The number of imidazole rings is 1. The number of carboxylic acid groups (broad SMARTS) is 1. The van der Waals surface area contributed by atoms with E-state index in [1.165, 1.54) is 0 Å². The Hall–Kier alpha value is -2.54. The van der Waals surface area contributed by atoms with Gasteiger partial charge in [0.25, 0.3) is 0 Å². The molecule has 0 saturated carbocycles. The minimum atomic E-state index is -1.08. The van der Waals surface area contributed by atoms with Crippen molar-refractivity contribution in [2.24, 2.45) is 7.05 Å². The molecule has 2 aromatic carbocycles. The lowest BCUT2D eigenvalue weighted by atomic mass is 10.3. The molecule has 0 unspecified atom stereocenters. The maximum absolute atomic E-state index is 10.7. The van der Waals surface area contributed by atoms with Crippen molar-refractivity contribution >= 4 is 33.1 Å². The first-order chi connectivity index (χ1) is 11.1. The number of hydrogen-bond donors (Lipinski definition) is 2. The summed E-state index contributed by atoms with van der Waals surface area (Å²) in [5.41, 5.74) is 1.54. The number of amides is 1. The predicted molar refractivity (Wildman–Crippen MR) is 89.8 cm³/mol. The number of hydrogen-bond acceptors (Lipinski definition) is 3. The van der Waals surface area contributed by atoms with Gasteiger partial charge in [-0.05, 0) is 40.2 Å². The SMILES string of the molecule is Cn1c(CNC(=O)O)nc2c(Oc3ccccc3)c(Br)ccc21. The van der Waals surface area contributed by atoms with Crippen LogP contribution in [0.4, 0.5) is 4.79 Å². The van der Waals surface area contributed by atoms with Crippen LogP contribution in [0.5, 0.6) is 11.5 Å². The maximum Gasteiger partial charge on any atom is 0.405 e. The van der Waals surface area contributed by atoms with Gasteiger partial charge in [0.15, 0.2) is 5.75 Å². The van der Waals surface area contributed by atoms with Crippen molar-refractivity contribution in [1.82, 2.24) is 14.9 Å². The van der Waals surface area contributed by atoms with E-state index >= 15 is 0 Å². The first-order valence-electron chi connectivity index (χ1n) is 6.90. The maximum atomic E-state index is 10.7. The zero-order valence-corrected chi connectivity index (χ0v) is 13.9. The van der Waals surface area contributed by atoms with E-state index in [9.17, 15) is 4.79 Å². The van der Waals surface area contributed by atoms with Crippen LogP contribution >= 0.6 is 15.9 Å². The second-order valence-electron chi connectivity index (χ2n) is 4.91. The molecular weight excluding hydrogens is 362 g/mol. The number of nitrogens with one attached hydrogen (secondary N) is 1. The van der Waals surface area contributed by atoms with Gasteiger partial charge >= 0.3 is 6.09 Å². The van der Waals surface area contributed by atoms with Crippen LogP contribution in [-0.4, -0.2) is 20.8 Å². The number of ether oxygens (including phenoxy) is 1. The number of aryl methyl sites for hydroxylation is 1. The van der Waals surface area contributed by atoms with E-state index in [4.69, 9.17) is 9.84 Å². The number of benzene rings is 2. The number of fused-ring (bicyclic) bond motifs is 1. The lowest BCUT2D eigenvalue weighted by molar-refractivity contribution is 0.193. The summed E-state index contributed by atoms with van der Waals surface area (Å²) in [5, 5.41) is 11.1.